The van der Waals surface area contributed by atoms with Crippen LogP contribution in [0.4, 0.5) is 0 Å². The van der Waals surface area contributed by atoms with Crippen LogP contribution in [0, 0.1) is 5.92 Å². The van der Waals surface area contributed by atoms with Crippen molar-refractivity contribution < 1.29 is 0 Å². The Morgan fingerprint density at radius 2 is 2.46 bits per heavy atom. The molecule has 1 aromatic rings. The molecule has 2 nitrogen and oxygen atoms in total. The van der Waals surface area contributed by atoms with E-state index in [1.807, 2.05) is 11.3 Å². The predicted molar refractivity (Wildman–Crippen MR) is 57.1 cm³/mol. The number of likely N-dealkylation sites (tertiary alicyclic amines) is 1. The summed E-state index contributed by atoms with van der Waals surface area (Å²) in [5.74, 6) is 1.33. The number of hydrogen-bond acceptors (Lipinski definition) is 3. The largest absolute Gasteiger partial charge is 0.330 e. The normalized spacial score (nSPS) is 29.7. The van der Waals surface area contributed by atoms with Gasteiger partial charge in [0.1, 0.15) is 0 Å². The maximum absolute atomic E-state index is 5.77. The van der Waals surface area contributed by atoms with Gasteiger partial charge in [0.25, 0.3) is 0 Å². The molecule has 0 radical (unpaired) electrons. The highest BCUT2D eigenvalue weighted by atomic mass is 32.1. The molecule has 0 bridgehead atoms. The summed E-state index contributed by atoms with van der Waals surface area (Å²) in [5, 5.41) is 2.15. The molecule has 0 saturated carbocycles. The van der Waals surface area contributed by atoms with Crippen LogP contribution < -0.4 is 5.73 Å². The minimum atomic E-state index is 0.656. The summed E-state index contributed by atoms with van der Waals surface area (Å²) in [6, 6.07) is 4.36. The maximum atomic E-state index is 5.77. The van der Waals surface area contributed by atoms with Crippen LogP contribution in [0.25, 0.3) is 0 Å². The van der Waals surface area contributed by atoms with Crippen molar-refractivity contribution in [2.45, 2.75) is 5.92 Å². The quantitative estimate of drug-likeness (QED) is 0.773. The van der Waals surface area contributed by atoms with Gasteiger partial charge in [-0.3, -0.25) is 0 Å². The molecule has 0 spiro atoms. The van der Waals surface area contributed by atoms with Gasteiger partial charge in [-0.2, -0.15) is 0 Å². The van der Waals surface area contributed by atoms with Gasteiger partial charge < -0.3 is 10.6 Å². The highest BCUT2D eigenvalue weighted by molar-refractivity contribution is 7.10. The molecule has 1 fully saturated rings. The molecular weight excluding hydrogens is 180 g/mol. The molecule has 2 N–H and O–H groups in total. The van der Waals surface area contributed by atoms with Gasteiger partial charge in [-0.05, 0) is 31.0 Å². The van der Waals surface area contributed by atoms with Gasteiger partial charge in [0.2, 0.25) is 0 Å². The zero-order chi connectivity index (χ0) is 9.26. The number of likely N-dealkylation sites (N-methyl/N-ethyl adjacent to an activating group) is 1. The summed E-state index contributed by atoms with van der Waals surface area (Å²) in [4.78, 5) is 3.88. The highest BCUT2D eigenvalue weighted by Crippen LogP contribution is 2.33. The summed E-state index contributed by atoms with van der Waals surface area (Å²) in [5.41, 5.74) is 5.77. The Hall–Kier alpha value is -0.380. The molecular formula is C10H16N2S. The lowest BCUT2D eigenvalue weighted by atomic mass is 9.95. The molecule has 72 valence electrons. The first-order valence-corrected chi connectivity index (χ1v) is 5.61. The third-order valence-electron chi connectivity index (χ3n) is 2.83. The number of rotatable bonds is 2. The average molecular weight is 196 g/mol. The molecule has 1 aromatic heterocycles. The fourth-order valence-corrected chi connectivity index (χ4v) is 3.06. The molecule has 1 aliphatic heterocycles. The van der Waals surface area contributed by atoms with Crippen LogP contribution in [0.1, 0.15) is 10.8 Å². The van der Waals surface area contributed by atoms with Crippen molar-refractivity contribution in [2.24, 2.45) is 11.7 Å². The van der Waals surface area contributed by atoms with Crippen molar-refractivity contribution in [2.75, 3.05) is 26.7 Å². The van der Waals surface area contributed by atoms with E-state index in [0.29, 0.717) is 11.8 Å². The van der Waals surface area contributed by atoms with Crippen LogP contribution in [0.5, 0.6) is 0 Å². The van der Waals surface area contributed by atoms with Crippen molar-refractivity contribution in [1.29, 1.82) is 0 Å². The SMILES string of the molecule is CN1CC(CN)C(c2cccs2)C1. The van der Waals surface area contributed by atoms with Crippen LogP contribution in [-0.2, 0) is 0 Å². The van der Waals surface area contributed by atoms with E-state index in [1.165, 1.54) is 11.4 Å². The van der Waals surface area contributed by atoms with Crippen molar-refractivity contribution >= 4 is 11.3 Å². The van der Waals surface area contributed by atoms with E-state index < -0.39 is 0 Å². The van der Waals surface area contributed by atoms with Crippen molar-refractivity contribution in [1.82, 2.24) is 4.90 Å². The van der Waals surface area contributed by atoms with Crippen LogP contribution in [-0.4, -0.2) is 31.6 Å². The topological polar surface area (TPSA) is 29.3 Å². The fraction of sp³-hybridized carbons (Fsp3) is 0.600. The summed E-state index contributed by atoms with van der Waals surface area (Å²) < 4.78 is 0. The first-order chi connectivity index (χ1) is 6.31. The Kier molecular flexibility index (Phi) is 2.67. The van der Waals surface area contributed by atoms with E-state index in [0.717, 1.165) is 13.1 Å². The minimum absolute atomic E-state index is 0.656. The van der Waals surface area contributed by atoms with E-state index in [4.69, 9.17) is 5.73 Å². The van der Waals surface area contributed by atoms with Crippen molar-refractivity contribution in [3.8, 4) is 0 Å². The Balaban J connectivity index is 2.14. The van der Waals surface area contributed by atoms with Crippen LogP contribution in [0.3, 0.4) is 0 Å². The second-order valence-corrected chi connectivity index (χ2v) is 4.82. The van der Waals surface area contributed by atoms with E-state index in [-0.39, 0.29) is 0 Å². The lowest BCUT2D eigenvalue weighted by molar-refractivity contribution is 0.397. The summed E-state index contributed by atoms with van der Waals surface area (Å²) in [6.07, 6.45) is 0. The monoisotopic (exact) mass is 196 g/mol. The molecule has 1 aliphatic rings. The third-order valence-corrected chi connectivity index (χ3v) is 3.84. The minimum Gasteiger partial charge on any atom is -0.330 e. The lowest BCUT2D eigenvalue weighted by Crippen LogP contribution is -2.21. The fourth-order valence-electron chi connectivity index (χ4n) is 2.15. The molecule has 3 heteroatoms. The number of nitrogens with zero attached hydrogens (tertiary/aromatic N) is 1. The van der Waals surface area contributed by atoms with Gasteiger partial charge in [-0.1, -0.05) is 6.07 Å². The molecule has 0 aliphatic carbocycles. The Morgan fingerprint density at radius 3 is 3.08 bits per heavy atom. The first kappa shape index (κ1) is 9.19. The lowest BCUT2D eigenvalue weighted by Gasteiger charge is -2.14. The molecule has 2 rings (SSSR count). The second kappa shape index (κ2) is 3.78. The van der Waals surface area contributed by atoms with Crippen LogP contribution in [0.2, 0.25) is 0 Å². The summed E-state index contributed by atoms with van der Waals surface area (Å²) in [7, 11) is 2.18. The molecule has 0 aromatic carbocycles. The number of nitrogens with two attached hydrogens (primary N) is 1. The van der Waals surface area contributed by atoms with Gasteiger partial charge >= 0.3 is 0 Å². The first-order valence-electron chi connectivity index (χ1n) is 4.73. The van der Waals surface area contributed by atoms with Gasteiger partial charge in [0.15, 0.2) is 0 Å². The molecule has 1 saturated heterocycles. The van der Waals surface area contributed by atoms with E-state index in [9.17, 15) is 0 Å². The number of hydrogen-bond donors (Lipinski definition) is 1. The van der Waals surface area contributed by atoms with Crippen molar-refractivity contribution in [3.05, 3.63) is 22.4 Å². The van der Waals surface area contributed by atoms with Gasteiger partial charge in [0, 0.05) is 23.9 Å². The standard InChI is InChI=1S/C10H16N2S/c1-12-6-8(5-11)9(7-12)10-3-2-4-13-10/h2-4,8-9H,5-7,11H2,1H3. The van der Waals surface area contributed by atoms with E-state index in [1.54, 1.807) is 0 Å². The smallest absolute Gasteiger partial charge is 0.0113 e. The molecule has 2 heterocycles. The third kappa shape index (κ3) is 1.77. The van der Waals surface area contributed by atoms with E-state index >= 15 is 0 Å². The molecule has 2 unspecified atom stereocenters. The van der Waals surface area contributed by atoms with Gasteiger partial charge in [0.05, 0.1) is 0 Å². The zero-order valence-electron chi connectivity index (χ0n) is 7.94. The summed E-state index contributed by atoms with van der Waals surface area (Å²) in [6.45, 7) is 3.13. The molecule has 13 heavy (non-hydrogen) atoms. The average Bonchev–Trinajstić information content (AvgIpc) is 2.71. The molecule has 0 amide bonds. The predicted octanol–water partition coefficient (Wildman–Crippen LogP) is 1.35. The van der Waals surface area contributed by atoms with E-state index in [2.05, 4.69) is 29.5 Å². The second-order valence-electron chi connectivity index (χ2n) is 3.84. The number of thiophene rings is 1. The Morgan fingerprint density at radius 1 is 1.62 bits per heavy atom. The summed E-state index contributed by atoms with van der Waals surface area (Å²) >= 11 is 1.86. The van der Waals surface area contributed by atoms with Crippen LogP contribution in [0.15, 0.2) is 17.5 Å². The van der Waals surface area contributed by atoms with Crippen molar-refractivity contribution in [3.63, 3.8) is 0 Å². The van der Waals surface area contributed by atoms with Gasteiger partial charge in [-0.25, -0.2) is 0 Å². The molecule has 2 atom stereocenters. The Bertz CT molecular complexity index is 258. The highest BCUT2D eigenvalue weighted by Gasteiger charge is 2.31. The van der Waals surface area contributed by atoms with Gasteiger partial charge in [-0.15, -0.1) is 11.3 Å². The Labute approximate surface area is 83.4 Å². The maximum Gasteiger partial charge on any atom is 0.0113 e. The van der Waals surface area contributed by atoms with Crippen LogP contribution >= 0.6 is 11.3 Å². The zero-order valence-corrected chi connectivity index (χ0v) is 8.76.